The van der Waals surface area contributed by atoms with E-state index in [1.807, 2.05) is 11.8 Å². The molecule has 4 heterocycles. The Labute approximate surface area is 178 Å². The van der Waals surface area contributed by atoms with E-state index in [-0.39, 0.29) is 24.9 Å². The first kappa shape index (κ1) is 21.8. The van der Waals surface area contributed by atoms with Crippen molar-refractivity contribution in [2.24, 2.45) is 0 Å². The van der Waals surface area contributed by atoms with Gasteiger partial charge in [-0.05, 0) is 19.8 Å². The Morgan fingerprint density at radius 1 is 1.07 bits per heavy atom. The number of halogens is 3. The van der Waals surface area contributed by atoms with Gasteiger partial charge in [-0.15, -0.1) is 0 Å². The maximum atomic E-state index is 14.0. The van der Waals surface area contributed by atoms with Crippen LogP contribution in [0.25, 0.3) is 0 Å². The molecule has 3 saturated heterocycles. The predicted octanol–water partition coefficient (Wildman–Crippen LogP) is 2.31. The molecule has 3 aliphatic heterocycles. The second-order valence-corrected chi connectivity index (χ2v) is 9.26. The van der Waals surface area contributed by atoms with Crippen LogP contribution in [0.15, 0.2) is 16.9 Å². The van der Waals surface area contributed by atoms with E-state index in [4.69, 9.17) is 4.74 Å². The zero-order valence-electron chi connectivity index (χ0n) is 17.0. The first-order valence-corrected chi connectivity index (χ1v) is 11.1. The quantitative estimate of drug-likeness (QED) is 0.711. The minimum Gasteiger partial charge on any atom is -0.377 e. The Kier molecular flexibility index (Phi) is 6.52. The molecule has 1 aromatic heterocycles. The molecule has 2 atom stereocenters. The molecule has 0 spiro atoms. The van der Waals surface area contributed by atoms with E-state index in [1.165, 1.54) is 23.1 Å². The molecule has 168 valence electrons. The fourth-order valence-electron chi connectivity index (χ4n) is 4.28. The van der Waals surface area contributed by atoms with Crippen LogP contribution in [0.3, 0.4) is 0 Å². The molecule has 3 aliphatic rings. The van der Waals surface area contributed by atoms with Crippen molar-refractivity contribution in [3.63, 3.8) is 0 Å². The number of nitrogens with zero attached hydrogens (tertiary/aromatic N) is 4. The highest BCUT2D eigenvalue weighted by Gasteiger charge is 2.47. The third kappa shape index (κ3) is 4.90. The van der Waals surface area contributed by atoms with Gasteiger partial charge >= 0.3 is 6.18 Å². The highest BCUT2D eigenvalue weighted by molar-refractivity contribution is 7.94. The molecule has 1 N–H and O–H groups in total. The van der Waals surface area contributed by atoms with Crippen molar-refractivity contribution in [2.45, 2.75) is 38.0 Å². The summed E-state index contributed by atoms with van der Waals surface area (Å²) in [6, 6.07) is 1.51. The van der Waals surface area contributed by atoms with Crippen molar-refractivity contribution >= 4 is 23.6 Å². The fourth-order valence-corrected chi connectivity index (χ4v) is 5.40. The summed E-state index contributed by atoms with van der Waals surface area (Å²) in [6.45, 7) is 6.02. The molecule has 0 amide bonds. The Hall–Kier alpha value is -1.43. The van der Waals surface area contributed by atoms with Gasteiger partial charge in [0.2, 0.25) is 0 Å². The summed E-state index contributed by atoms with van der Waals surface area (Å²) in [5, 5.41) is 0. The first-order valence-electron chi connectivity index (χ1n) is 10.4. The number of aromatic nitrogens is 1. The molecule has 0 bridgehead atoms. The van der Waals surface area contributed by atoms with E-state index in [0.29, 0.717) is 32.0 Å². The number of ether oxygens (including phenoxy) is 1. The van der Waals surface area contributed by atoms with E-state index in [9.17, 15) is 18.0 Å². The molecule has 1 aromatic rings. The molecule has 7 nitrogen and oxygen atoms in total. The highest BCUT2D eigenvalue weighted by Crippen LogP contribution is 2.35. The molecule has 4 rings (SSSR count). The number of anilines is 2. The Morgan fingerprint density at radius 3 is 2.53 bits per heavy atom. The summed E-state index contributed by atoms with van der Waals surface area (Å²) in [5.41, 5.74) is 0.246. The second kappa shape index (κ2) is 8.97. The van der Waals surface area contributed by atoms with Gasteiger partial charge in [-0.25, -0.2) is 8.61 Å². The lowest BCUT2D eigenvalue weighted by atomic mass is 10.1. The predicted molar refractivity (Wildman–Crippen MR) is 112 cm³/mol. The van der Waals surface area contributed by atoms with Crippen molar-refractivity contribution in [3.8, 4) is 0 Å². The lowest BCUT2D eigenvalue weighted by Gasteiger charge is -2.43. The lowest BCUT2D eigenvalue weighted by Crippen LogP contribution is -2.58. The maximum Gasteiger partial charge on any atom is 0.410 e. The number of alkyl halides is 3. The molecular formula is C19H28F3N5O2S. The Balaban J connectivity index is 1.56. The zero-order valence-corrected chi connectivity index (χ0v) is 17.8. The van der Waals surface area contributed by atoms with Crippen LogP contribution in [0, 0.1) is 0 Å². The second-order valence-electron chi connectivity index (χ2n) is 8.06. The minimum atomic E-state index is -4.40. The van der Waals surface area contributed by atoms with Crippen LogP contribution in [0.2, 0.25) is 0 Å². The third-order valence-corrected chi connectivity index (χ3v) is 7.00. The van der Waals surface area contributed by atoms with Gasteiger partial charge in [-0.1, -0.05) is 0 Å². The minimum absolute atomic E-state index is 0.0560. The zero-order chi connectivity index (χ0) is 21.3. The highest BCUT2D eigenvalue weighted by atomic mass is 32.2. The van der Waals surface area contributed by atoms with Crippen molar-refractivity contribution in [2.75, 3.05) is 62.3 Å². The topological polar surface area (TPSA) is 55.1 Å². The number of rotatable bonds is 4. The van der Waals surface area contributed by atoms with E-state index >= 15 is 0 Å². The molecule has 3 fully saturated rings. The summed E-state index contributed by atoms with van der Waals surface area (Å²) >= 11 is 1.42. The maximum absolute atomic E-state index is 14.0. The van der Waals surface area contributed by atoms with Gasteiger partial charge < -0.3 is 19.5 Å². The van der Waals surface area contributed by atoms with Crippen molar-refractivity contribution in [1.29, 1.82) is 0 Å². The van der Waals surface area contributed by atoms with Crippen molar-refractivity contribution in [3.05, 3.63) is 22.5 Å². The fraction of sp³-hybridized carbons (Fsp3) is 0.737. The van der Waals surface area contributed by atoms with Crippen LogP contribution in [0.5, 0.6) is 0 Å². The molecule has 0 aliphatic carbocycles. The van der Waals surface area contributed by atoms with Gasteiger partial charge in [0.15, 0.2) is 0 Å². The van der Waals surface area contributed by atoms with Gasteiger partial charge in [0, 0.05) is 75.3 Å². The Bertz CT molecular complexity index is 786. The van der Waals surface area contributed by atoms with Gasteiger partial charge in [-0.2, -0.15) is 13.2 Å². The SMILES string of the molecule is CC1COCCN1c1cc(N2CCN(SN3CCCC3)CC2C(F)(F)F)[nH]c(=O)c1. The van der Waals surface area contributed by atoms with E-state index < -0.39 is 17.8 Å². The third-order valence-electron chi connectivity index (χ3n) is 5.84. The van der Waals surface area contributed by atoms with Crippen LogP contribution in [-0.2, 0) is 4.74 Å². The van der Waals surface area contributed by atoms with Crippen LogP contribution in [0.1, 0.15) is 19.8 Å². The van der Waals surface area contributed by atoms with Gasteiger partial charge in [0.25, 0.3) is 5.56 Å². The monoisotopic (exact) mass is 447 g/mol. The smallest absolute Gasteiger partial charge is 0.377 e. The summed E-state index contributed by atoms with van der Waals surface area (Å²) in [5.74, 6) is 0.226. The average molecular weight is 448 g/mol. The standard InChI is InChI=1S/C19H28F3N5O2S/c1-14-13-29-9-8-26(14)15-10-17(23-18(28)11-15)27-7-6-25(12-16(27)19(20,21)22)30-24-4-2-3-5-24/h10-11,14,16H,2-9,12-13H2,1H3,(H,23,28). The number of hydrogen-bond acceptors (Lipinski definition) is 7. The van der Waals surface area contributed by atoms with Crippen LogP contribution in [-0.4, -0.2) is 84.3 Å². The number of H-pyrrole nitrogens is 1. The normalized spacial score (nSPS) is 27.1. The van der Waals surface area contributed by atoms with E-state index in [2.05, 4.69) is 9.29 Å². The Morgan fingerprint density at radius 2 is 1.83 bits per heavy atom. The first-order chi connectivity index (χ1) is 14.3. The number of morpholine rings is 1. The molecule has 0 radical (unpaired) electrons. The van der Waals surface area contributed by atoms with Gasteiger partial charge in [-0.3, -0.25) is 4.79 Å². The molecule has 11 heteroatoms. The number of piperazine rings is 1. The van der Waals surface area contributed by atoms with E-state index in [0.717, 1.165) is 25.9 Å². The van der Waals surface area contributed by atoms with Crippen LogP contribution >= 0.6 is 12.1 Å². The lowest BCUT2D eigenvalue weighted by molar-refractivity contribution is -0.153. The van der Waals surface area contributed by atoms with Crippen LogP contribution in [0.4, 0.5) is 24.7 Å². The average Bonchev–Trinajstić information content (AvgIpc) is 3.20. The number of nitrogens with one attached hydrogen (secondary N) is 1. The number of aromatic amines is 1. The summed E-state index contributed by atoms with van der Waals surface area (Å²) in [4.78, 5) is 18.3. The van der Waals surface area contributed by atoms with Gasteiger partial charge in [0.1, 0.15) is 11.9 Å². The summed E-state index contributed by atoms with van der Waals surface area (Å²) in [7, 11) is 0. The van der Waals surface area contributed by atoms with E-state index in [1.54, 1.807) is 10.4 Å². The number of pyridine rings is 1. The molecule has 30 heavy (non-hydrogen) atoms. The molecule has 0 saturated carbocycles. The van der Waals surface area contributed by atoms with Crippen molar-refractivity contribution < 1.29 is 17.9 Å². The summed E-state index contributed by atoms with van der Waals surface area (Å²) < 4.78 is 51.3. The summed E-state index contributed by atoms with van der Waals surface area (Å²) in [6.07, 6.45) is -2.23. The molecule has 2 unspecified atom stereocenters. The van der Waals surface area contributed by atoms with Crippen molar-refractivity contribution in [1.82, 2.24) is 13.6 Å². The molecular weight excluding hydrogens is 419 g/mol. The number of hydrogen-bond donors (Lipinski definition) is 1. The van der Waals surface area contributed by atoms with Crippen LogP contribution < -0.4 is 15.4 Å². The molecule has 0 aromatic carbocycles. The largest absolute Gasteiger partial charge is 0.410 e. The van der Waals surface area contributed by atoms with Gasteiger partial charge in [0.05, 0.1) is 13.2 Å².